The zero-order valence-electron chi connectivity index (χ0n) is 12.6. The molecule has 0 aromatic heterocycles. The molecule has 0 unspecified atom stereocenters. The molecule has 0 fully saturated rings. The van der Waals surface area contributed by atoms with Gasteiger partial charge in [0.15, 0.2) is 0 Å². The van der Waals surface area contributed by atoms with Crippen molar-refractivity contribution in [1.82, 2.24) is 0 Å². The van der Waals surface area contributed by atoms with Crippen LogP contribution in [0.4, 0.5) is 0 Å². The third-order valence-electron chi connectivity index (χ3n) is 3.41. The predicted molar refractivity (Wildman–Crippen MR) is 94.2 cm³/mol. The molecule has 0 aliphatic rings. The maximum atomic E-state index is 12.6. The second-order valence-electron chi connectivity index (χ2n) is 4.94. The molecular formula is C19H15BrO3. The Morgan fingerprint density at radius 1 is 1.00 bits per heavy atom. The van der Waals surface area contributed by atoms with E-state index in [9.17, 15) is 4.79 Å². The zero-order chi connectivity index (χ0) is 16.2. The summed E-state index contributed by atoms with van der Waals surface area (Å²) in [6, 6.07) is 18.7. The number of hydrogen-bond acceptors (Lipinski definition) is 3. The number of esters is 1. The molecule has 4 heteroatoms. The van der Waals surface area contributed by atoms with Gasteiger partial charge in [-0.05, 0) is 36.6 Å². The summed E-state index contributed by atoms with van der Waals surface area (Å²) < 4.78 is 11.9. The van der Waals surface area contributed by atoms with Gasteiger partial charge in [0.1, 0.15) is 17.1 Å². The van der Waals surface area contributed by atoms with Gasteiger partial charge in [-0.1, -0.05) is 52.3 Å². The van der Waals surface area contributed by atoms with Crippen molar-refractivity contribution in [2.45, 2.75) is 6.92 Å². The van der Waals surface area contributed by atoms with Gasteiger partial charge in [0.2, 0.25) is 0 Å². The average molecular weight is 371 g/mol. The quantitative estimate of drug-likeness (QED) is 0.466. The molecule has 3 aromatic rings. The van der Waals surface area contributed by atoms with Gasteiger partial charge in [0.25, 0.3) is 0 Å². The molecule has 23 heavy (non-hydrogen) atoms. The Balaban J connectivity index is 1.97. The predicted octanol–water partition coefficient (Wildman–Crippen LogP) is 5.22. The van der Waals surface area contributed by atoms with Gasteiger partial charge in [0, 0.05) is 9.86 Å². The molecule has 3 aromatic carbocycles. The number of carbonyl (C=O) groups is 1. The summed E-state index contributed by atoms with van der Waals surface area (Å²) in [5.41, 5.74) is 0.397. The van der Waals surface area contributed by atoms with E-state index in [1.54, 1.807) is 18.2 Å². The van der Waals surface area contributed by atoms with Gasteiger partial charge >= 0.3 is 5.97 Å². The Labute approximate surface area is 143 Å². The zero-order valence-corrected chi connectivity index (χ0v) is 14.2. The van der Waals surface area contributed by atoms with Crippen LogP contribution in [0, 0.1) is 0 Å². The minimum Gasteiger partial charge on any atom is -0.493 e. The van der Waals surface area contributed by atoms with E-state index in [-0.39, 0.29) is 0 Å². The van der Waals surface area contributed by atoms with Gasteiger partial charge in [-0.15, -0.1) is 0 Å². The molecule has 116 valence electrons. The van der Waals surface area contributed by atoms with E-state index in [4.69, 9.17) is 9.47 Å². The van der Waals surface area contributed by atoms with E-state index in [1.807, 2.05) is 49.4 Å². The summed E-state index contributed by atoms with van der Waals surface area (Å²) in [6.45, 7) is 2.36. The molecule has 0 atom stereocenters. The summed E-state index contributed by atoms with van der Waals surface area (Å²) in [4.78, 5) is 12.6. The highest BCUT2D eigenvalue weighted by Gasteiger charge is 2.16. The molecule has 0 spiro atoms. The highest BCUT2D eigenvalue weighted by Crippen LogP contribution is 2.28. The lowest BCUT2D eigenvalue weighted by molar-refractivity contribution is 0.0733. The average Bonchev–Trinajstić information content (AvgIpc) is 2.57. The molecule has 0 aliphatic heterocycles. The lowest BCUT2D eigenvalue weighted by Gasteiger charge is -2.11. The molecule has 0 aliphatic carbocycles. The monoisotopic (exact) mass is 370 g/mol. The number of ether oxygens (including phenoxy) is 2. The highest BCUT2D eigenvalue weighted by molar-refractivity contribution is 9.10. The normalized spacial score (nSPS) is 10.5. The maximum absolute atomic E-state index is 12.6. The Hall–Kier alpha value is -2.33. The van der Waals surface area contributed by atoms with Gasteiger partial charge in [-0.3, -0.25) is 0 Å². The standard InChI is InChI=1S/C19H15BrO3/c1-2-22-17-11-10-14(20)12-16(17)19(21)23-18-9-5-7-13-6-3-4-8-15(13)18/h3-12H,2H2,1H3. The highest BCUT2D eigenvalue weighted by atomic mass is 79.9. The number of hydrogen-bond donors (Lipinski definition) is 0. The summed E-state index contributed by atoms with van der Waals surface area (Å²) in [6.07, 6.45) is 0. The number of benzene rings is 3. The number of halogens is 1. The van der Waals surface area contributed by atoms with E-state index >= 15 is 0 Å². The van der Waals surface area contributed by atoms with Crippen molar-refractivity contribution >= 4 is 32.7 Å². The lowest BCUT2D eigenvalue weighted by atomic mass is 10.1. The molecule has 0 radical (unpaired) electrons. The van der Waals surface area contributed by atoms with E-state index in [1.165, 1.54) is 0 Å². The number of carbonyl (C=O) groups excluding carboxylic acids is 1. The van der Waals surface area contributed by atoms with Crippen LogP contribution in [-0.2, 0) is 0 Å². The van der Waals surface area contributed by atoms with E-state index in [0.29, 0.717) is 23.7 Å². The smallest absolute Gasteiger partial charge is 0.347 e. The van der Waals surface area contributed by atoms with Crippen molar-refractivity contribution in [3.8, 4) is 11.5 Å². The van der Waals surface area contributed by atoms with Crippen LogP contribution in [0.5, 0.6) is 11.5 Å². The van der Waals surface area contributed by atoms with E-state index < -0.39 is 5.97 Å². The molecule has 0 N–H and O–H groups in total. The number of fused-ring (bicyclic) bond motifs is 1. The van der Waals surface area contributed by atoms with Crippen LogP contribution in [0.2, 0.25) is 0 Å². The first-order chi connectivity index (χ1) is 11.2. The van der Waals surface area contributed by atoms with Gasteiger partial charge in [-0.2, -0.15) is 0 Å². The SMILES string of the molecule is CCOc1ccc(Br)cc1C(=O)Oc1cccc2ccccc12. The van der Waals surface area contributed by atoms with Crippen molar-refractivity contribution in [3.63, 3.8) is 0 Å². The third-order valence-corrected chi connectivity index (χ3v) is 3.91. The van der Waals surface area contributed by atoms with Crippen molar-refractivity contribution in [2.75, 3.05) is 6.61 Å². The Kier molecular flexibility index (Phi) is 4.63. The molecule has 0 saturated carbocycles. The van der Waals surface area contributed by atoms with Crippen molar-refractivity contribution in [1.29, 1.82) is 0 Å². The van der Waals surface area contributed by atoms with Crippen LogP contribution >= 0.6 is 15.9 Å². The molecule has 0 bridgehead atoms. The summed E-state index contributed by atoms with van der Waals surface area (Å²) in [5, 5.41) is 1.92. The molecule has 0 heterocycles. The second-order valence-corrected chi connectivity index (χ2v) is 5.86. The topological polar surface area (TPSA) is 35.5 Å². The summed E-state index contributed by atoms with van der Waals surface area (Å²) in [7, 11) is 0. The van der Waals surface area contributed by atoms with Crippen molar-refractivity contribution in [2.24, 2.45) is 0 Å². The minimum atomic E-state index is -0.439. The number of rotatable bonds is 4. The molecule has 3 rings (SSSR count). The van der Waals surface area contributed by atoms with Gasteiger partial charge in [0.05, 0.1) is 6.61 Å². The van der Waals surface area contributed by atoms with Crippen LogP contribution in [0.15, 0.2) is 65.1 Å². The Morgan fingerprint density at radius 3 is 2.61 bits per heavy atom. The molecule has 3 nitrogen and oxygen atoms in total. The first-order valence-electron chi connectivity index (χ1n) is 7.31. The van der Waals surface area contributed by atoms with Crippen molar-refractivity contribution < 1.29 is 14.3 Å². The van der Waals surface area contributed by atoms with Crippen LogP contribution in [0.1, 0.15) is 17.3 Å². The lowest BCUT2D eigenvalue weighted by Crippen LogP contribution is -2.11. The Bertz CT molecular complexity index is 853. The van der Waals surface area contributed by atoms with Crippen molar-refractivity contribution in [3.05, 3.63) is 70.7 Å². The van der Waals surface area contributed by atoms with Crippen LogP contribution in [0.25, 0.3) is 10.8 Å². The maximum Gasteiger partial charge on any atom is 0.347 e. The fourth-order valence-corrected chi connectivity index (χ4v) is 2.74. The second kappa shape index (κ2) is 6.84. The van der Waals surface area contributed by atoms with E-state index in [2.05, 4.69) is 15.9 Å². The fraction of sp³-hybridized carbons (Fsp3) is 0.105. The first-order valence-corrected chi connectivity index (χ1v) is 8.10. The molecular weight excluding hydrogens is 356 g/mol. The third kappa shape index (κ3) is 3.37. The minimum absolute atomic E-state index is 0.397. The van der Waals surface area contributed by atoms with E-state index in [0.717, 1.165) is 15.2 Å². The van der Waals surface area contributed by atoms with Crippen LogP contribution < -0.4 is 9.47 Å². The van der Waals surface area contributed by atoms with Crippen LogP contribution in [0.3, 0.4) is 0 Å². The summed E-state index contributed by atoms with van der Waals surface area (Å²) in [5.74, 6) is 0.613. The summed E-state index contributed by atoms with van der Waals surface area (Å²) >= 11 is 3.38. The fourth-order valence-electron chi connectivity index (χ4n) is 2.38. The van der Waals surface area contributed by atoms with Gasteiger partial charge < -0.3 is 9.47 Å². The first kappa shape index (κ1) is 15.6. The van der Waals surface area contributed by atoms with Gasteiger partial charge in [-0.25, -0.2) is 4.79 Å². The molecule has 0 amide bonds. The molecule has 0 saturated heterocycles. The Morgan fingerprint density at radius 2 is 1.78 bits per heavy atom. The largest absolute Gasteiger partial charge is 0.493 e. The van der Waals surface area contributed by atoms with Crippen LogP contribution in [-0.4, -0.2) is 12.6 Å².